The van der Waals surface area contributed by atoms with Gasteiger partial charge in [0.05, 0.1) is 6.54 Å². The number of amides is 1. The Labute approximate surface area is 115 Å². The van der Waals surface area contributed by atoms with Gasteiger partial charge in [-0.05, 0) is 23.3 Å². The Hall–Kier alpha value is -2.32. The lowest BCUT2D eigenvalue weighted by molar-refractivity contribution is -0.132. The van der Waals surface area contributed by atoms with Crippen molar-refractivity contribution in [3.05, 3.63) is 18.5 Å². The van der Waals surface area contributed by atoms with E-state index in [0.29, 0.717) is 19.5 Å². The largest absolute Gasteiger partial charge is 0.342 e. The number of rotatable bonds is 4. The number of carbonyl (C=O) groups is 1. The van der Waals surface area contributed by atoms with Crippen molar-refractivity contribution in [2.45, 2.75) is 31.7 Å². The van der Waals surface area contributed by atoms with Crippen LogP contribution in [-0.4, -0.2) is 59.3 Å². The van der Waals surface area contributed by atoms with Gasteiger partial charge >= 0.3 is 0 Å². The van der Waals surface area contributed by atoms with Crippen molar-refractivity contribution >= 4 is 5.91 Å². The third-order valence-electron chi connectivity index (χ3n) is 3.54. The van der Waals surface area contributed by atoms with E-state index in [1.54, 1.807) is 4.68 Å². The highest BCUT2D eigenvalue weighted by atomic mass is 16.2. The summed E-state index contributed by atoms with van der Waals surface area (Å²) in [5.74, 6) is 1.25. The highest BCUT2D eigenvalue weighted by Gasteiger charge is 2.26. The van der Waals surface area contributed by atoms with E-state index < -0.39 is 0 Å². The molecule has 9 heteroatoms. The first-order valence-corrected chi connectivity index (χ1v) is 6.67. The number of likely N-dealkylation sites (tertiary alicyclic amines) is 1. The Morgan fingerprint density at radius 1 is 1.50 bits per heavy atom. The molecule has 2 aromatic heterocycles. The van der Waals surface area contributed by atoms with Crippen LogP contribution >= 0.6 is 0 Å². The Morgan fingerprint density at radius 3 is 3.20 bits per heavy atom. The average Bonchev–Trinajstić information content (AvgIpc) is 3.18. The lowest BCUT2D eigenvalue weighted by Gasteiger charge is -2.31. The molecule has 2 aromatic rings. The van der Waals surface area contributed by atoms with Crippen molar-refractivity contribution in [2.24, 2.45) is 0 Å². The molecule has 0 bridgehead atoms. The molecule has 3 rings (SSSR count). The molecular weight excluding hydrogens is 260 g/mol. The van der Waals surface area contributed by atoms with Crippen LogP contribution in [0.1, 0.15) is 31.0 Å². The van der Waals surface area contributed by atoms with E-state index in [1.807, 2.05) is 4.90 Å². The Morgan fingerprint density at radius 2 is 2.45 bits per heavy atom. The van der Waals surface area contributed by atoms with E-state index in [-0.39, 0.29) is 11.8 Å². The van der Waals surface area contributed by atoms with E-state index in [9.17, 15) is 4.79 Å². The number of hydrogen-bond acceptors (Lipinski definition) is 6. The van der Waals surface area contributed by atoms with Gasteiger partial charge in [-0.15, -0.1) is 5.10 Å². The summed E-state index contributed by atoms with van der Waals surface area (Å²) >= 11 is 0. The van der Waals surface area contributed by atoms with Crippen LogP contribution in [0.4, 0.5) is 0 Å². The number of hydrogen-bond donors (Lipinski definition) is 1. The number of tetrazole rings is 1. The fraction of sp³-hybridized carbons (Fsp3) is 0.636. The van der Waals surface area contributed by atoms with Gasteiger partial charge in [-0.25, -0.2) is 9.67 Å². The summed E-state index contributed by atoms with van der Waals surface area (Å²) in [5.41, 5.74) is 0. The minimum Gasteiger partial charge on any atom is -0.342 e. The molecule has 9 nitrogen and oxygen atoms in total. The second kappa shape index (κ2) is 5.76. The fourth-order valence-corrected chi connectivity index (χ4v) is 2.49. The van der Waals surface area contributed by atoms with Crippen molar-refractivity contribution in [1.82, 2.24) is 40.3 Å². The summed E-state index contributed by atoms with van der Waals surface area (Å²) < 4.78 is 1.57. The van der Waals surface area contributed by atoms with E-state index in [1.165, 1.54) is 12.7 Å². The fourth-order valence-electron chi connectivity index (χ4n) is 2.49. The molecule has 1 aliphatic rings. The highest BCUT2D eigenvalue weighted by Crippen LogP contribution is 2.24. The van der Waals surface area contributed by atoms with Gasteiger partial charge in [0, 0.05) is 25.4 Å². The summed E-state index contributed by atoms with van der Waals surface area (Å²) in [6.45, 7) is 2.01. The molecule has 0 unspecified atom stereocenters. The van der Waals surface area contributed by atoms with E-state index >= 15 is 0 Å². The third-order valence-corrected chi connectivity index (χ3v) is 3.54. The van der Waals surface area contributed by atoms with Crippen molar-refractivity contribution < 1.29 is 4.79 Å². The lowest BCUT2D eigenvalue weighted by atomic mass is 9.97. The summed E-state index contributed by atoms with van der Waals surface area (Å²) in [7, 11) is 0. The molecule has 0 aromatic carbocycles. The van der Waals surface area contributed by atoms with E-state index in [0.717, 1.165) is 25.2 Å². The van der Waals surface area contributed by atoms with Crippen molar-refractivity contribution in [2.75, 3.05) is 13.1 Å². The number of piperidine rings is 1. The quantitative estimate of drug-likeness (QED) is 0.813. The van der Waals surface area contributed by atoms with Crippen molar-refractivity contribution in [1.29, 1.82) is 0 Å². The van der Waals surface area contributed by atoms with Crippen LogP contribution in [0, 0.1) is 0 Å². The Balaban J connectivity index is 1.55. The zero-order chi connectivity index (χ0) is 13.8. The van der Waals surface area contributed by atoms with Crippen LogP contribution in [-0.2, 0) is 11.3 Å². The number of aryl methyl sites for hydroxylation is 1. The van der Waals surface area contributed by atoms with Gasteiger partial charge in [0.2, 0.25) is 5.91 Å². The lowest BCUT2D eigenvalue weighted by Crippen LogP contribution is -2.39. The summed E-state index contributed by atoms with van der Waals surface area (Å²) in [5, 5.41) is 17.6. The maximum absolute atomic E-state index is 12.2. The SMILES string of the molecule is O=C(CCn1cnnn1)N1CCC[C@@H](c2ncn[nH]2)C1. The molecule has 1 N–H and O–H groups in total. The van der Waals surface area contributed by atoms with Crippen LogP contribution in [0.2, 0.25) is 0 Å². The van der Waals surface area contributed by atoms with Crippen LogP contribution in [0.3, 0.4) is 0 Å². The third kappa shape index (κ3) is 2.81. The number of carbonyl (C=O) groups excluding carboxylic acids is 1. The molecule has 0 aliphatic carbocycles. The second-order valence-electron chi connectivity index (χ2n) is 4.87. The smallest absolute Gasteiger partial charge is 0.224 e. The topological polar surface area (TPSA) is 105 Å². The van der Waals surface area contributed by atoms with Crippen molar-refractivity contribution in [3.63, 3.8) is 0 Å². The molecule has 1 amide bonds. The molecular formula is C11H16N8O. The first-order chi connectivity index (χ1) is 9.83. The first kappa shape index (κ1) is 12.7. The first-order valence-electron chi connectivity index (χ1n) is 6.67. The van der Waals surface area contributed by atoms with Gasteiger partial charge in [0.25, 0.3) is 0 Å². The molecule has 1 fully saturated rings. The number of nitrogens with zero attached hydrogens (tertiary/aromatic N) is 7. The van der Waals surface area contributed by atoms with Gasteiger partial charge in [0.1, 0.15) is 18.5 Å². The summed E-state index contributed by atoms with van der Waals surface area (Å²) in [6.07, 6.45) is 5.46. The molecule has 0 saturated carbocycles. The zero-order valence-corrected chi connectivity index (χ0v) is 11.0. The molecule has 0 radical (unpaired) electrons. The van der Waals surface area contributed by atoms with Crippen LogP contribution < -0.4 is 0 Å². The highest BCUT2D eigenvalue weighted by molar-refractivity contribution is 5.76. The van der Waals surface area contributed by atoms with Crippen molar-refractivity contribution in [3.8, 4) is 0 Å². The van der Waals surface area contributed by atoms with Gasteiger partial charge in [-0.2, -0.15) is 5.10 Å². The minimum atomic E-state index is 0.129. The molecule has 106 valence electrons. The zero-order valence-electron chi connectivity index (χ0n) is 11.0. The molecule has 1 atom stereocenters. The van der Waals surface area contributed by atoms with Crippen LogP contribution in [0.25, 0.3) is 0 Å². The predicted octanol–water partition coefficient (Wildman–Crippen LogP) is -0.412. The molecule has 20 heavy (non-hydrogen) atoms. The summed E-state index contributed by atoms with van der Waals surface area (Å²) in [4.78, 5) is 18.3. The standard InChI is InChI=1S/C11H16N8O/c20-10(3-5-19-8-14-16-17-19)18-4-1-2-9(6-18)11-12-7-13-15-11/h7-9H,1-6H2,(H,12,13,15)/t9-/m1/s1. The van der Waals surface area contributed by atoms with E-state index in [4.69, 9.17) is 0 Å². The maximum atomic E-state index is 12.2. The number of H-pyrrole nitrogens is 1. The van der Waals surface area contributed by atoms with Crippen LogP contribution in [0.5, 0.6) is 0 Å². The summed E-state index contributed by atoms with van der Waals surface area (Å²) in [6, 6.07) is 0. The van der Waals surface area contributed by atoms with E-state index in [2.05, 4.69) is 30.7 Å². The Kier molecular flexibility index (Phi) is 3.66. The monoisotopic (exact) mass is 276 g/mol. The van der Waals surface area contributed by atoms with Gasteiger partial charge in [-0.3, -0.25) is 9.89 Å². The number of nitrogens with one attached hydrogen (secondary N) is 1. The average molecular weight is 276 g/mol. The molecule has 3 heterocycles. The molecule has 1 aliphatic heterocycles. The second-order valence-corrected chi connectivity index (χ2v) is 4.87. The number of aromatic amines is 1. The number of aromatic nitrogens is 7. The van der Waals surface area contributed by atoms with Crippen LogP contribution in [0.15, 0.2) is 12.7 Å². The van der Waals surface area contributed by atoms with Gasteiger partial charge in [-0.1, -0.05) is 0 Å². The van der Waals surface area contributed by atoms with Gasteiger partial charge < -0.3 is 4.90 Å². The predicted molar refractivity (Wildman–Crippen MR) is 67.4 cm³/mol. The molecule has 1 saturated heterocycles. The van der Waals surface area contributed by atoms with Gasteiger partial charge in [0.15, 0.2) is 0 Å². The molecule has 0 spiro atoms. The minimum absolute atomic E-state index is 0.129. The normalized spacial score (nSPS) is 19.2. The maximum Gasteiger partial charge on any atom is 0.224 e. The Bertz CT molecular complexity index is 537.